The van der Waals surface area contributed by atoms with Crippen molar-refractivity contribution in [1.82, 2.24) is 5.43 Å². The van der Waals surface area contributed by atoms with Gasteiger partial charge in [0.2, 0.25) is 0 Å². The highest BCUT2D eigenvalue weighted by Gasteiger charge is 2.38. The molecule has 0 saturated heterocycles. The van der Waals surface area contributed by atoms with Gasteiger partial charge in [0.1, 0.15) is 9.84 Å². The van der Waals surface area contributed by atoms with E-state index in [1.807, 2.05) is 0 Å². The average molecular weight is 317 g/mol. The van der Waals surface area contributed by atoms with Crippen LogP contribution in [-0.2, 0) is 9.84 Å². The SMILES string of the molecule is CC1(C)CCC(C(NN)C2CCCC(S(C)(=O)=O)C2)CC1. The first-order valence-electron chi connectivity index (χ1n) is 8.38. The lowest BCUT2D eigenvalue weighted by atomic mass is 9.67. The predicted molar refractivity (Wildman–Crippen MR) is 87.4 cm³/mol. The maximum absolute atomic E-state index is 11.9. The Balaban J connectivity index is 2.01. The van der Waals surface area contributed by atoms with Crippen LogP contribution in [0.2, 0.25) is 0 Å². The second-order valence-electron chi connectivity index (χ2n) is 8.07. The first kappa shape index (κ1) is 17.2. The molecule has 0 heterocycles. The quantitative estimate of drug-likeness (QED) is 0.618. The van der Waals surface area contributed by atoms with Gasteiger partial charge in [-0.25, -0.2) is 8.42 Å². The Morgan fingerprint density at radius 2 is 1.71 bits per heavy atom. The molecule has 0 amide bonds. The van der Waals surface area contributed by atoms with Gasteiger partial charge in [-0.05, 0) is 62.2 Å². The Labute approximate surface area is 130 Å². The van der Waals surface area contributed by atoms with E-state index in [2.05, 4.69) is 19.3 Å². The molecular weight excluding hydrogens is 284 g/mol. The summed E-state index contributed by atoms with van der Waals surface area (Å²) in [5, 5.41) is -0.160. The molecule has 2 rings (SSSR count). The van der Waals surface area contributed by atoms with Crippen molar-refractivity contribution >= 4 is 9.84 Å². The molecule has 2 fully saturated rings. The lowest BCUT2D eigenvalue weighted by Gasteiger charge is -2.42. The van der Waals surface area contributed by atoms with Crippen molar-refractivity contribution in [3.05, 3.63) is 0 Å². The largest absolute Gasteiger partial charge is 0.271 e. The summed E-state index contributed by atoms with van der Waals surface area (Å²) in [5.74, 6) is 6.87. The van der Waals surface area contributed by atoms with Crippen LogP contribution in [-0.4, -0.2) is 26.0 Å². The summed E-state index contributed by atoms with van der Waals surface area (Å²) in [6.07, 6.45) is 10.0. The Morgan fingerprint density at radius 3 is 2.24 bits per heavy atom. The molecule has 0 spiro atoms. The molecule has 0 aromatic heterocycles. The zero-order chi connectivity index (χ0) is 15.7. The Kier molecular flexibility index (Phi) is 5.37. The van der Waals surface area contributed by atoms with Gasteiger partial charge in [0.25, 0.3) is 0 Å². The Morgan fingerprint density at radius 1 is 1.10 bits per heavy atom. The van der Waals surface area contributed by atoms with Crippen molar-refractivity contribution in [3.8, 4) is 0 Å². The number of sulfone groups is 1. The Bertz CT molecular complexity index is 437. The molecular formula is C16H32N2O2S. The highest BCUT2D eigenvalue weighted by Crippen LogP contribution is 2.42. The van der Waals surface area contributed by atoms with Crippen LogP contribution in [0.1, 0.15) is 65.2 Å². The maximum atomic E-state index is 11.9. The van der Waals surface area contributed by atoms with E-state index in [1.165, 1.54) is 31.9 Å². The number of hydrazine groups is 1. The van der Waals surface area contributed by atoms with E-state index in [0.717, 1.165) is 25.7 Å². The molecule has 3 N–H and O–H groups in total. The van der Waals surface area contributed by atoms with E-state index in [0.29, 0.717) is 17.3 Å². The molecule has 3 unspecified atom stereocenters. The monoisotopic (exact) mass is 316 g/mol. The van der Waals surface area contributed by atoms with Crippen molar-refractivity contribution in [2.24, 2.45) is 23.1 Å². The topological polar surface area (TPSA) is 72.2 Å². The molecule has 4 nitrogen and oxygen atoms in total. The van der Waals surface area contributed by atoms with Crippen molar-refractivity contribution < 1.29 is 8.42 Å². The molecule has 2 aliphatic carbocycles. The molecule has 2 aliphatic rings. The van der Waals surface area contributed by atoms with Gasteiger partial charge in [-0.1, -0.05) is 20.3 Å². The van der Waals surface area contributed by atoms with Crippen molar-refractivity contribution in [1.29, 1.82) is 0 Å². The number of hydrogen-bond acceptors (Lipinski definition) is 4. The van der Waals surface area contributed by atoms with E-state index in [4.69, 9.17) is 5.84 Å². The Hall–Kier alpha value is -0.130. The second kappa shape index (κ2) is 6.55. The molecule has 5 heteroatoms. The smallest absolute Gasteiger partial charge is 0.150 e. The third-order valence-corrected chi connectivity index (χ3v) is 7.50. The molecule has 0 radical (unpaired) electrons. The molecule has 0 aromatic rings. The lowest BCUT2D eigenvalue weighted by molar-refractivity contribution is 0.122. The summed E-state index contributed by atoms with van der Waals surface area (Å²) >= 11 is 0. The third-order valence-electron chi connectivity index (χ3n) is 5.86. The van der Waals surface area contributed by atoms with Crippen LogP contribution in [0.3, 0.4) is 0 Å². The van der Waals surface area contributed by atoms with E-state index in [1.54, 1.807) is 0 Å². The van der Waals surface area contributed by atoms with E-state index in [-0.39, 0.29) is 11.3 Å². The highest BCUT2D eigenvalue weighted by molar-refractivity contribution is 7.91. The number of nitrogens with one attached hydrogen (secondary N) is 1. The standard InChI is InChI=1S/C16H32N2O2S/c1-16(2)9-7-12(8-10-16)15(18-17)13-5-4-6-14(11-13)21(3,19)20/h12-15,18H,4-11,17H2,1-3H3. The minimum absolute atomic E-state index is 0.160. The van der Waals surface area contributed by atoms with Gasteiger partial charge in [0.05, 0.1) is 5.25 Å². The van der Waals surface area contributed by atoms with Crippen LogP contribution < -0.4 is 11.3 Å². The van der Waals surface area contributed by atoms with Crippen LogP contribution in [0, 0.1) is 17.3 Å². The van der Waals surface area contributed by atoms with Crippen molar-refractivity contribution in [2.75, 3.05) is 6.26 Å². The highest BCUT2D eigenvalue weighted by atomic mass is 32.2. The fourth-order valence-electron chi connectivity index (χ4n) is 4.33. The number of nitrogens with two attached hydrogens (primary N) is 1. The van der Waals surface area contributed by atoms with Gasteiger partial charge in [0, 0.05) is 12.3 Å². The second-order valence-corrected chi connectivity index (χ2v) is 10.4. The van der Waals surface area contributed by atoms with Gasteiger partial charge in [-0.15, -0.1) is 0 Å². The molecule has 0 aliphatic heterocycles. The average Bonchev–Trinajstić information content (AvgIpc) is 2.41. The summed E-state index contributed by atoms with van der Waals surface area (Å²) in [5.41, 5.74) is 3.50. The van der Waals surface area contributed by atoms with Crippen LogP contribution in [0.15, 0.2) is 0 Å². The van der Waals surface area contributed by atoms with E-state index >= 15 is 0 Å². The van der Waals surface area contributed by atoms with Crippen LogP contribution in [0.5, 0.6) is 0 Å². The zero-order valence-corrected chi connectivity index (χ0v) is 14.6. The molecule has 0 aromatic carbocycles. The molecule has 0 bridgehead atoms. The van der Waals surface area contributed by atoms with Gasteiger partial charge < -0.3 is 0 Å². The fourth-order valence-corrected chi connectivity index (χ4v) is 5.53. The van der Waals surface area contributed by atoms with Gasteiger partial charge >= 0.3 is 0 Å². The molecule has 124 valence electrons. The fraction of sp³-hybridized carbons (Fsp3) is 1.00. The first-order chi connectivity index (χ1) is 9.73. The summed E-state index contributed by atoms with van der Waals surface area (Å²) < 4.78 is 23.7. The summed E-state index contributed by atoms with van der Waals surface area (Å²) in [6.45, 7) is 4.68. The van der Waals surface area contributed by atoms with Crippen LogP contribution >= 0.6 is 0 Å². The predicted octanol–water partition coefficient (Wildman–Crippen LogP) is 2.64. The molecule has 21 heavy (non-hydrogen) atoms. The van der Waals surface area contributed by atoms with Gasteiger partial charge in [-0.2, -0.15) is 0 Å². The molecule has 3 atom stereocenters. The first-order valence-corrected chi connectivity index (χ1v) is 10.3. The number of hydrogen-bond donors (Lipinski definition) is 2. The normalized spacial score (nSPS) is 32.8. The summed E-state index contributed by atoms with van der Waals surface area (Å²) in [6, 6.07) is 0.283. The van der Waals surface area contributed by atoms with Crippen LogP contribution in [0.4, 0.5) is 0 Å². The number of rotatable bonds is 4. The zero-order valence-electron chi connectivity index (χ0n) is 13.8. The summed E-state index contributed by atoms with van der Waals surface area (Å²) in [4.78, 5) is 0. The minimum atomic E-state index is -2.92. The van der Waals surface area contributed by atoms with E-state index in [9.17, 15) is 8.42 Å². The summed E-state index contributed by atoms with van der Waals surface area (Å²) in [7, 11) is -2.92. The van der Waals surface area contributed by atoms with E-state index < -0.39 is 9.84 Å². The lowest BCUT2D eigenvalue weighted by Crippen LogP contribution is -2.49. The van der Waals surface area contributed by atoms with Crippen LogP contribution in [0.25, 0.3) is 0 Å². The third kappa shape index (κ3) is 4.42. The molecule has 2 saturated carbocycles. The maximum Gasteiger partial charge on any atom is 0.150 e. The van der Waals surface area contributed by atoms with Gasteiger partial charge in [0.15, 0.2) is 0 Å². The van der Waals surface area contributed by atoms with Gasteiger partial charge in [-0.3, -0.25) is 11.3 Å². The minimum Gasteiger partial charge on any atom is -0.271 e. The van der Waals surface area contributed by atoms with Crippen molar-refractivity contribution in [2.45, 2.75) is 76.5 Å². The van der Waals surface area contributed by atoms with Crippen molar-refractivity contribution in [3.63, 3.8) is 0 Å².